The molecular weight excluding hydrogens is 274 g/mol. The quantitative estimate of drug-likeness (QED) is 0.579. The molecule has 3 nitrogen and oxygen atoms in total. The number of ether oxygens (including phenoxy) is 1. The summed E-state index contributed by atoms with van der Waals surface area (Å²) in [7, 11) is 0. The predicted octanol–water partition coefficient (Wildman–Crippen LogP) is 3.51. The molecule has 116 valence electrons. The summed E-state index contributed by atoms with van der Waals surface area (Å²) in [6.07, 6.45) is 1.88. The van der Waals surface area contributed by atoms with Crippen molar-refractivity contribution in [3.8, 4) is 5.75 Å². The molecule has 0 amide bonds. The van der Waals surface area contributed by atoms with Crippen LogP contribution in [0.3, 0.4) is 0 Å². The fourth-order valence-corrected chi connectivity index (χ4v) is 2.20. The second kappa shape index (κ2) is 7.78. The van der Waals surface area contributed by atoms with E-state index in [9.17, 15) is 5.11 Å². The highest BCUT2D eigenvalue weighted by Crippen LogP contribution is 2.20. The van der Waals surface area contributed by atoms with Gasteiger partial charge in [-0.3, -0.25) is 5.32 Å². The summed E-state index contributed by atoms with van der Waals surface area (Å²) in [6.45, 7) is 6.05. The van der Waals surface area contributed by atoms with Crippen LogP contribution in [0.15, 0.2) is 73.3 Å². The Morgan fingerprint density at radius 3 is 2.32 bits per heavy atom. The molecule has 0 saturated heterocycles. The molecule has 0 spiro atoms. The van der Waals surface area contributed by atoms with Crippen molar-refractivity contribution in [1.82, 2.24) is 5.32 Å². The molecule has 0 aliphatic heterocycles. The lowest BCUT2D eigenvalue weighted by Gasteiger charge is -2.33. The van der Waals surface area contributed by atoms with E-state index in [-0.39, 0.29) is 0 Å². The SMILES string of the molecule is C=CCC(Oc1ccccc1)C(C)(O)NCc1ccccc1. The number of hydrogen-bond acceptors (Lipinski definition) is 3. The molecular formula is C19H23NO2. The van der Waals surface area contributed by atoms with Crippen LogP contribution in [-0.2, 0) is 6.54 Å². The third kappa shape index (κ3) is 4.72. The molecule has 2 N–H and O–H groups in total. The summed E-state index contributed by atoms with van der Waals surface area (Å²) in [6, 6.07) is 19.5. The van der Waals surface area contributed by atoms with E-state index in [1.54, 1.807) is 13.0 Å². The van der Waals surface area contributed by atoms with E-state index in [2.05, 4.69) is 11.9 Å². The maximum atomic E-state index is 10.7. The van der Waals surface area contributed by atoms with Gasteiger partial charge in [0.15, 0.2) is 5.72 Å². The van der Waals surface area contributed by atoms with Crippen LogP contribution in [0.2, 0.25) is 0 Å². The number of para-hydroxylation sites is 1. The second-order valence-corrected chi connectivity index (χ2v) is 5.43. The topological polar surface area (TPSA) is 41.5 Å². The first kappa shape index (κ1) is 16.3. The van der Waals surface area contributed by atoms with E-state index in [1.807, 2.05) is 60.7 Å². The first-order valence-corrected chi connectivity index (χ1v) is 7.46. The molecule has 0 radical (unpaired) electrons. The lowest BCUT2D eigenvalue weighted by Crippen LogP contribution is -2.54. The predicted molar refractivity (Wildman–Crippen MR) is 89.6 cm³/mol. The van der Waals surface area contributed by atoms with Gasteiger partial charge in [0.05, 0.1) is 0 Å². The van der Waals surface area contributed by atoms with Crippen LogP contribution in [0.1, 0.15) is 18.9 Å². The zero-order chi connectivity index (χ0) is 15.8. The fraction of sp³-hybridized carbons (Fsp3) is 0.263. The molecule has 0 saturated carbocycles. The Kier molecular flexibility index (Phi) is 5.75. The highest BCUT2D eigenvalue weighted by molar-refractivity contribution is 5.22. The van der Waals surface area contributed by atoms with Gasteiger partial charge in [0, 0.05) is 13.0 Å². The lowest BCUT2D eigenvalue weighted by atomic mass is 10.0. The van der Waals surface area contributed by atoms with E-state index in [4.69, 9.17) is 4.74 Å². The average Bonchev–Trinajstić information content (AvgIpc) is 2.55. The van der Waals surface area contributed by atoms with Crippen LogP contribution in [0.4, 0.5) is 0 Å². The number of nitrogens with one attached hydrogen (secondary N) is 1. The Bertz CT molecular complexity index is 567. The monoisotopic (exact) mass is 297 g/mol. The summed E-state index contributed by atoms with van der Waals surface area (Å²) in [5.74, 6) is 0.733. The number of benzene rings is 2. The van der Waals surface area contributed by atoms with Crippen molar-refractivity contribution in [3.05, 3.63) is 78.9 Å². The molecule has 0 aromatic heterocycles. The van der Waals surface area contributed by atoms with Gasteiger partial charge in [0.1, 0.15) is 11.9 Å². The molecule has 2 atom stereocenters. The first-order valence-electron chi connectivity index (χ1n) is 7.46. The van der Waals surface area contributed by atoms with Gasteiger partial charge in [-0.15, -0.1) is 6.58 Å². The van der Waals surface area contributed by atoms with Gasteiger partial charge >= 0.3 is 0 Å². The molecule has 22 heavy (non-hydrogen) atoms. The summed E-state index contributed by atoms with van der Waals surface area (Å²) in [5, 5.41) is 13.9. The van der Waals surface area contributed by atoms with Crippen molar-refractivity contribution in [2.24, 2.45) is 0 Å². The minimum Gasteiger partial charge on any atom is -0.486 e. The minimum atomic E-state index is -1.17. The molecule has 0 fully saturated rings. The molecule has 3 heteroatoms. The van der Waals surface area contributed by atoms with Gasteiger partial charge in [-0.2, -0.15) is 0 Å². The van der Waals surface area contributed by atoms with Crippen molar-refractivity contribution < 1.29 is 9.84 Å². The van der Waals surface area contributed by atoms with Gasteiger partial charge in [0.25, 0.3) is 0 Å². The Balaban J connectivity index is 2.03. The molecule has 0 heterocycles. The normalized spacial score (nSPS) is 14.8. The van der Waals surface area contributed by atoms with Crippen LogP contribution in [0, 0.1) is 0 Å². The van der Waals surface area contributed by atoms with Gasteiger partial charge < -0.3 is 9.84 Å². The summed E-state index contributed by atoms with van der Waals surface area (Å²) >= 11 is 0. The van der Waals surface area contributed by atoms with Gasteiger partial charge in [0.2, 0.25) is 0 Å². The molecule has 2 rings (SSSR count). The van der Waals surface area contributed by atoms with E-state index in [1.165, 1.54) is 0 Å². The molecule has 2 unspecified atom stereocenters. The largest absolute Gasteiger partial charge is 0.486 e. The third-order valence-electron chi connectivity index (χ3n) is 3.52. The van der Waals surface area contributed by atoms with Gasteiger partial charge in [-0.25, -0.2) is 0 Å². The second-order valence-electron chi connectivity index (χ2n) is 5.43. The van der Waals surface area contributed by atoms with Crippen LogP contribution in [-0.4, -0.2) is 16.9 Å². The van der Waals surface area contributed by atoms with Crippen molar-refractivity contribution in [2.45, 2.75) is 31.7 Å². The van der Waals surface area contributed by atoms with Crippen molar-refractivity contribution >= 4 is 0 Å². The molecule has 0 aliphatic rings. The smallest absolute Gasteiger partial charge is 0.150 e. The molecule has 2 aromatic rings. The van der Waals surface area contributed by atoms with E-state index >= 15 is 0 Å². The lowest BCUT2D eigenvalue weighted by molar-refractivity contribution is -0.0727. The van der Waals surface area contributed by atoms with Gasteiger partial charge in [-0.05, 0) is 24.6 Å². The minimum absolute atomic E-state index is 0.420. The Morgan fingerprint density at radius 2 is 1.73 bits per heavy atom. The Morgan fingerprint density at radius 1 is 1.14 bits per heavy atom. The molecule has 2 aromatic carbocycles. The van der Waals surface area contributed by atoms with E-state index in [0.717, 1.165) is 11.3 Å². The summed E-state index contributed by atoms with van der Waals surface area (Å²) in [5.41, 5.74) is -0.0558. The zero-order valence-corrected chi connectivity index (χ0v) is 12.9. The summed E-state index contributed by atoms with van der Waals surface area (Å²) < 4.78 is 5.92. The van der Waals surface area contributed by atoms with E-state index < -0.39 is 11.8 Å². The average molecular weight is 297 g/mol. The van der Waals surface area contributed by atoms with Crippen molar-refractivity contribution in [1.29, 1.82) is 0 Å². The standard InChI is InChI=1S/C19H23NO2/c1-3-10-18(22-17-13-8-5-9-14-17)19(2,21)20-15-16-11-6-4-7-12-16/h3-9,11-14,18,20-21H,1,10,15H2,2H3. The maximum absolute atomic E-state index is 10.7. The maximum Gasteiger partial charge on any atom is 0.150 e. The highest BCUT2D eigenvalue weighted by atomic mass is 16.5. The van der Waals surface area contributed by atoms with Crippen LogP contribution in [0.25, 0.3) is 0 Å². The van der Waals surface area contributed by atoms with Crippen LogP contribution in [0.5, 0.6) is 5.75 Å². The third-order valence-corrected chi connectivity index (χ3v) is 3.52. The van der Waals surface area contributed by atoms with Crippen LogP contribution < -0.4 is 10.1 Å². The highest BCUT2D eigenvalue weighted by Gasteiger charge is 2.32. The van der Waals surface area contributed by atoms with Crippen LogP contribution >= 0.6 is 0 Å². The number of rotatable bonds is 8. The van der Waals surface area contributed by atoms with Crippen molar-refractivity contribution in [2.75, 3.05) is 0 Å². The fourth-order valence-electron chi connectivity index (χ4n) is 2.20. The van der Waals surface area contributed by atoms with Crippen molar-refractivity contribution in [3.63, 3.8) is 0 Å². The first-order chi connectivity index (χ1) is 10.6. The Hall–Kier alpha value is -2.10. The summed E-state index contributed by atoms with van der Waals surface area (Å²) in [4.78, 5) is 0. The van der Waals surface area contributed by atoms with E-state index in [0.29, 0.717) is 13.0 Å². The number of aliphatic hydroxyl groups is 1. The molecule has 0 aliphatic carbocycles. The Labute approximate surface area is 132 Å². The zero-order valence-electron chi connectivity index (χ0n) is 12.9. The molecule has 0 bridgehead atoms. The van der Waals surface area contributed by atoms with Gasteiger partial charge in [-0.1, -0.05) is 54.6 Å². The number of hydrogen-bond donors (Lipinski definition) is 2.